The molecule has 0 heterocycles. The standard InChI is InChI=1S/C18H18ClN/c1-20(2)18-16(11-6-12-17(18)19)15-10-5-8-13-7-3-4-9-14(13)15/h3-5,7-10,12H,6,11H2,1-2H3. The van der Waals surface area contributed by atoms with E-state index in [1.54, 1.807) is 0 Å². The van der Waals surface area contributed by atoms with E-state index in [0.717, 1.165) is 23.6 Å². The van der Waals surface area contributed by atoms with Crippen LogP contribution in [0.25, 0.3) is 16.3 Å². The van der Waals surface area contributed by atoms with Gasteiger partial charge >= 0.3 is 0 Å². The molecule has 2 aromatic carbocycles. The Morgan fingerprint density at radius 2 is 1.75 bits per heavy atom. The van der Waals surface area contributed by atoms with Crippen LogP contribution in [-0.2, 0) is 0 Å². The molecule has 1 aliphatic carbocycles. The lowest BCUT2D eigenvalue weighted by Crippen LogP contribution is -2.15. The number of halogens is 1. The Kier molecular flexibility index (Phi) is 3.54. The van der Waals surface area contributed by atoms with Crippen LogP contribution in [0.1, 0.15) is 18.4 Å². The SMILES string of the molecule is CN(C)C1=C(c2cccc3ccccc23)CCC=C1Cl. The van der Waals surface area contributed by atoms with Crippen molar-refractivity contribution in [1.29, 1.82) is 0 Å². The second-order valence-electron chi connectivity index (χ2n) is 5.34. The molecule has 1 aliphatic rings. The summed E-state index contributed by atoms with van der Waals surface area (Å²) in [5, 5.41) is 3.45. The largest absolute Gasteiger partial charge is 0.376 e. The first kappa shape index (κ1) is 13.3. The molecule has 0 unspecified atom stereocenters. The van der Waals surface area contributed by atoms with Crippen LogP contribution >= 0.6 is 11.6 Å². The van der Waals surface area contributed by atoms with Crippen molar-refractivity contribution < 1.29 is 0 Å². The molecule has 1 nitrogen and oxygen atoms in total. The van der Waals surface area contributed by atoms with Gasteiger partial charge in [-0.2, -0.15) is 0 Å². The van der Waals surface area contributed by atoms with Crippen molar-refractivity contribution in [2.45, 2.75) is 12.8 Å². The molecule has 0 spiro atoms. The Balaban J connectivity index is 2.28. The van der Waals surface area contributed by atoms with Gasteiger partial charge in [-0.1, -0.05) is 60.1 Å². The lowest BCUT2D eigenvalue weighted by molar-refractivity contribution is 0.525. The van der Waals surface area contributed by atoms with Crippen LogP contribution in [0.15, 0.2) is 59.3 Å². The first-order valence-electron chi connectivity index (χ1n) is 6.93. The molecule has 20 heavy (non-hydrogen) atoms. The highest BCUT2D eigenvalue weighted by Gasteiger charge is 2.19. The molecule has 102 valence electrons. The molecular formula is C18H18ClN. The fourth-order valence-electron chi connectivity index (χ4n) is 2.94. The van der Waals surface area contributed by atoms with E-state index in [1.807, 2.05) is 0 Å². The number of fused-ring (bicyclic) bond motifs is 1. The molecule has 0 saturated carbocycles. The van der Waals surface area contributed by atoms with Crippen LogP contribution in [-0.4, -0.2) is 19.0 Å². The number of hydrogen-bond donors (Lipinski definition) is 0. The Labute approximate surface area is 125 Å². The molecule has 0 radical (unpaired) electrons. The zero-order chi connectivity index (χ0) is 14.1. The van der Waals surface area contributed by atoms with E-state index in [2.05, 4.69) is 67.5 Å². The highest BCUT2D eigenvalue weighted by Crippen LogP contribution is 2.37. The first-order valence-corrected chi connectivity index (χ1v) is 7.31. The second-order valence-corrected chi connectivity index (χ2v) is 5.75. The molecule has 3 rings (SSSR count). The zero-order valence-corrected chi connectivity index (χ0v) is 12.6. The lowest BCUT2D eigenvalue weighted by Gasteiger charge is -2.26. The van der Waals surface area contributed by atoms with Gasteiger partial charge in [0.1, 0.15) is 0 Å². The third-order valence-electron chi connectivity index (χ3n) is 3.79. The summed E-state index contributed by atoms with van der Waals surface area (Å²) >= 11 is 6.44. The normalized spacial score (nSPS) is 15.4. The van der Waals surface area contributed by atoms with Gasteiger partial charge in [0.15, 0.2) is 0 Å². The number of allylic oxidation sites excluding steroid dienone is 3. The first-order chi connectivity index (χ1) is 9.68. The van der Waals surface area contributed by atoms with Crippen molar-refractivity contribution in [1.82, 2.24) is 4.90 Å². The van der Waals surface area contributed by atoms with Crippen molar-refractivity contribution in [2.75, 3.05) is 14.1 Å². The van der Waals surface area contributed by atoms with Gasteiger partial charge in [-0.3, -0.25) is 0 Å². The third-order valence-corrected chi connectivity index (χ3v) is 4.13. The fraction of sp³-hybridized carbons (Fsp3) is 0.222. The molecule has 2 aromatic rings. The van der Waals surface area contributed by atoms with Gasteiger partial charge in [-0.15, -0.1) is 0 Å². The summed E-state index contributed by atoms with van der Waals surface area (Å²) in [5.74, 6) is 0. The number of rotatable bonds is 2. The van der Waals surface area contributed by atoms with Gasteiger partial charge < -0.3 is 4.90 Å². The quantitative estimate of drug-likeness (QED) is 0.747. The van der Waals surface area contributed by atoms with Crippen molar-refractivity contribution in [3.63, 3.8) is 0 Å². The van der Waals surface area contributed by atoms with E-state index >= 15 is 0 Å². The third kappa shape index (κ3) is 2.23. The van der Waals surface area contributed by atoms with Crippen molar-refractivity contribution in [3.8, 4) is 0 Å². The molecule has 0 saturated heterocycles. The minimum absolute atomic E-state index is 0.865. The van der Waals surface area contributed by atoms with E-state index in [1.165, 1.54) is 21.9 Å². The monoisotopic (exact) mass is 283 g/mol. The Hall–Kier alpha value is -1.73. The van der Waals surface area contributed by atoms with Crippen molar-refractivity contribution in [3.05, 3.63) is 64.8 Å². The van der Waals surface area contributed by atoms with Gasteiger partial charge in [-0.05, 0) is 34.8 Å². The summed E-state index contributed by atoms with van der Waals surface area (Å²) in [6.45, 7) is 0. The lowest BCUT2D eigenvalue weighted by atomic mass is 9.91. The molecule has 0 fully saturated rings. The summed E-state index contributed by atoms with van der Waals surface area (Å²) in [6, 6.07) is 15.0. The molecule has 0 bridgehead atoms. The summed E-state index contributed by atoms with van der Waals surface area (Å²) in [6.07, 6.45) is 4.16. The van der Waals surface area contributed by atoms with Crippen LogP contribution in [0.2, 0.25) is 0 Å². The highest BCUT2D eigenvalue weighted by molar-refractivity contribution is 6.32. The Bertz CT molecular complexity index is 705. The maximum Gasteiger partial charge on any atom is 0.0602 e. The van der Waals surface area contributed by atoms with Crippen LogP contribution in [0.3, 0.4) is 0 Å². The van der Waals surface area contributed by atoms with Gasteiger partial charge in [0.25, 0.3) is 0 Å². The maximum atomic E-state index is 6.44. The number of hydrogen-bond acceptors (Lipinski definition) is 1. The Morgan fingerprint density at radius 1 is 1.00 bits per heavy atom. The predicted octanol–water partition coefficient (Wildman–Crippen LogP) is 5.03. The van der Waals surface area contributed by atoms with Crippen LogP contribution in [0, 0.1) is 0 Å². The average molecular weight is 284 g/mol. The molecular weight excluding hydrogens is 266 g/mol. The topological polar surface area (TPSA) is 3.24 Å². The zero-order valence-electron chi connectivity index (χ0n) is 11.9. The number of benzene rings is 2. The predicted molar refractivity (Wildman–Crippen MR) is 87.7 cm³/mol. The van der Waals surface area contributed by atoms with Crippen LogP contribution < -0.4 is 0 Å². The van der Waals surface area contributed by atoms with Crippen LogP contribution in [0.5, 0.6) is 0 Å². The van der Waals surface area contributed by atoms with Gasteiger partial charge in [0.05, 0.1) is 10.7 Å². The summed E-state index contributed by atoms with van der Waals surface area (Å²) < 4.78 is 0. The van der Waals surface area contributed by atoms with Crippen molar-refractivity contribution >= 4 is 27.9 Å². The van der Waals surface area contributed by atoms with Gasteiger partial charge in [-0.25, -0.2) is 0 Å². The maximum absolute atomic E-state index is 6.44. The number of nitrogens with zero attached hydrogens (tertiary/aromatic N) is 1. The van der Waals surface area contributed by atoms with Crippen molar-refractivity contribution in [2.24, 2.45) is 0 Å². The van der Waals surface area contributed by atoms with E-state index in [-0.39, 0.29) is 0 Å². The second kappa shape index (κ2) is 5.34. The van der Waals surface area contributed by atoms with E-state index in [9.17, 15) is 0 Å². The Morgan fingerprint density at radius 3 is 2.55 bits per heavy atom. The van der Waals surface area contributed by atoms with E-state index < -0.39 is 0 Å². The number of likely N-dealkylation sites (N-methyl/N-ethyl adjacent to an activating group) is 1. The fourth-order valence-corrected chi connectivity index (χ4v) is 3.33. The highest BCUT2D eigenvalue weighted by atomic mass is 35.5. The summed E-state index contributed by atoms with van der Waals surface area (Å²) in [4.78, 5) is 2.12. The molecule has 0 aromatic heterocycles. The molecule has 0 atom stereocenters. The molecule has 0 amide bonds. The van der Waals surface area contributed by atoms with E-state index in [4.69, 9.17) is 11.6 Å². The van der Waals surface area contributed by atoms with Crippen LogP contribution in [0.4, 0.5) is 0 Å². The summed E-state index contributed by atoms with van der Waals surface area (Å²) in [7, 11) is 4.12. The van der Waals surface area contributed by atoms with E-state index in [0.29, 0.717) is 0 Å². The van der Waals surface area contributed by atoms with Gasteiger partial charge in [0.2, 0.25) is 0 Å². The molecule has 0 aliphatic heterocycles. The smallest absolute Gasteiger partial charge is 0.0602 e. The minimum Gasteiger partial charge on any atom is -0.376 e. The minimum atomic E-state index is 0.865. The van der Waals surface area contributed by atoms with Gasteiger partial charge in [0, 0.05) is 14.1 Å². The molecule has 0 N–H and O–H groups in total. The summed E-state index contributed by atoms with van der Waals surface area (Å²) in [5.41, 5.74) is 3.80. The molecule has 2 heteroatoms. The average Bonchev–Trinajstić information content (AvgIpc) is 2.46.